The number of nitrogens with one attached hydrogen (secondary N) is 2. The molecule has 1 aromatic rings. The van der Waals surface area contributed by atoms with E-state index in [4.69, 9.17) is 5.73 Å². The fraction of sp³-hybridized carbons (Fsp3) is 0.333. The number of rotatable bonds is 3. The van der Waals surface area contributed by atoms with Gasteiger partial charge in [0.2, 0.25) is 5.91 Å². The van der Waals surface area contributed by atoms with Crippen molar-refractivity contribution in [3.8, 4) is 0 Å². The Kier molecular flexibility index (Phi) is 3.85. The molecule has 1 saturated heterocycles. The summed E-state index contributed by atoms with van der Waals surface area (Å²) >= 11 is 4.62. The van der Waals surface area contributed by atoms with E-state index in [1.54, 1.807) is 0 Å². The third kappa shape index (κ3) is 3.19. The number of alkyl halides is 3. The number of carbonyl (C=O) groups excluding carboxylic acids is 1. The van der Waals surface area contributed by atoms with Gasteiger partial charge in [-0.2, -0.15) is 13.2 Å². The van der Waals surface area contributed by atoms with E-state index < -0.39 is 11.7 Å². The molecule has 0 bridgehead atoms. The standard InChI is InChI=1S/C12H12F3N3OS/c13-12(14,15)9-3-6(1-2-8(9)11(16)20)18-7-4-10(19)17-5-7/h1-3,7,18H,4-5H2,(H2,16,20)(H,17,19). The summed E-state index contributed by atoms with van der Waals surface area (Å²) in [6, 6.07) is 3.43. The average molecular weight is 303 g/mol. The first-order valence-corrected chi connectivity index (χ1v) is 6.22. The second-order valence-corrected chi connectivity index (χ2v) is 4.91. The SMILES string of the molecule is NC(=S)c1ccc(NC2CNC(=O)C2)cc1C(F)(F)F. The van der Waals surface area contributed by atoms with Gasteiger partial charge in [-0.25, -0.2) is 0 Å². The van der Waals surface area contributed by atoms with E-state index in [-0.39, 0.29) is 34.6 Å². The van der Waals surface area contributed by atoms with Crippen LogP contribution in [0.1, 0.15) is 17.5 Å². The van der Waals surface area contributed by atoms with Gasteiger partial charge in [0.15, 0.2) is 0 Å². The third-order valence-electron chi connectivity index (χ3n) is 2.94. The Bertz CT molecular complexity index is 559. The van der Waals surface area contributed by atoms with Gasteiger partial charge in [-0.3, -0.25) is 4.79 Å². The van der Waals surface area contributed by atoms with Gasteiger partial charge in [-0.15, -0.1) is 0 Å². The first-order valence-electron chi connectivity index (χ1n) is 5.81. The van der Waals surface area contributed by atoms with Crippen molar-refractivity contribution in [2.24, 2.45) is 5.73 Å². The van der Waals surface area contributed by atoms with Crippen molar-refractivity contribution in [2.45, 2.75) is 18.6 Å². The highest BCUT2D eigenvalue weighted by molar-refractivity contribution is 7.80. The van der Waals surface area contributed by atoms with E-state index in [1.807, 2.05) is 0 Å². The van der Waals surface area contributed by atoms with E-state index in [0.29, 0.717) is 6.54 Å². The highest BCUT2D eigenvalue weighted by Gasteiger charge is 2.34. The first-order chi connectivity index (χ1) is 9.27. The number of carbonyl (C=O) groups is 1. The van der Waals surface area contributed by atoms with E-state index in [1.165, 1.54) is 12.1 Å². The summed E-state index contributed by atoms with van der Waals surface area (Å²) < 4.78 is 38.9. The van der Waals surface area contributed by atoms with Crippen LogP contribution in [0, 0.1) is 0 Å². The number of amides is 1. The lowest BCUT2D eigenvalue weighted by Crippen LogP contribution is -2.23. The number of benzene rings is 1. The molecule has 4 N–H and O–H groups in total. The molecular weight excluding hydrogens is 291 g/mol. The van der Waals surface area contributed by atoms with Gasteiger partial charge in [0.1, 0.15) is 4.99 Å². The molecule has 20 heavy (non-hydrogen) atoms. The van der Waals surface area contributed by atoms with Gasteiger partial charge in [0.25, 0.3) is 0 Å². The Morgan fingerprint density at radius 3 is 2.65 bits per heavy atom. The zero-order chi connectivity index (χ0) is 14.9. The minimum atomic E-state index is -4.54. The molecule has 0 radical (unpaired) electrons. The van der Waals surface area contributed by atoms with Gasteiger partial charge >= 0.3 is 6.18 Å². The normalized spacial score (nSPS) is 18.8. The Balaban J connectivity index is 2.28. The van der Waals surface area contributed by atoms with Crippen LogP contribution in [0.2, 0.25) is 0 Å². The van der Waals surface area contributed by atoms with E-state index in [9.17, 15) is 18.0 Å². The lowest BCUT2D eigenvalue weighted by Gasteiger charge is -2.17. The Morgan fingerprint density at radius 2 is 2.15 bits per heavy atom. The van der Waals surface area contributed by atoms with Crippen LogP contribution in [-0.2, 0) is 11.0 Å². The summed E-state index contributed by atoms with van der Waals surface area (Å²) in [6.07, 6.45) is -4.31. The maximum atomic E-state index is 13.0. The number of hydrogen-bond donors (Lipinski definition) is 3. The zero-order valence-electron chi connectivity index (χ0n) is 10.3. The van der Waals surface area contributed by atoms with Crippen LogP contribution in [0.5, 0.6) is 0 Å². The summed E-state index contributed by atoms with van der Waals surface area (Å²) in [7, 11) is 0. The fourth-order valence-electron chi connectivity index (χ4n) is 2.03. The van der Waals surface area contributed by atoms with Crippen molar-refractivity contribution >= 4 is 28.8 Å². The second kappa shape index (κ2) is 5.28. The maximum Gasteiger partial charge on any atom is 0.417 e. The van der Waals surface area contributed by atoms with Crippen LogP contribution in [0.25, 0.3) is 0 Å². The zero-order valence-corrected chi connectivity index (χ0v) is 11.1. The second-order valence-electron chi connectivity index (χ2n) is 4.47. The van der Waals surface area contributed by atoms with Crippen molar-refractivity contribution in [2.75, 3.05) is 11.9 Å². The molecule has 0 aliphatic carbocycles. The summed E-state index contributed by atoms with van der Waals surface area (Å²) in [6.45, 7) is 0.386. The number of thiocarbonyl (C=S) groups is 1. The minimum Gasteiger partial charge on any atom is -0.389 e. The molecule has 1 aromatic carbocycles. The number of anilines is 1. The van der Waals surface area contributed by atoms with Crippen molar-refractivity contribution in [1.29, 1.82) is 0 Å². The molecule has 1 amide bonds. The molecule has 1 fully saturated rings. The number of nitrogens with two attached hydrogens (primary N) is 1. The quantitative estimate of drug-likeness (QED) is 0.743. The fourth-order valence-corrected chi connectivity index (χ4v) is 2.20. The number of hydrogen-bond acceptors (Lipinski definition) is 3. The van der Waals surface area contributed by atoms with Crippen molar-refractivity contribution in [3.63, 3.8) is 0 Å². The van der Waals surface area contributed by atoms with E-state index >= 15 is 0 Å². The lowest BCUT2D eigenvalue weighted by molar-refractivity contribution is -0.137. The van der Waals surface area contributed by atoms with Gasteiger partial charge in [0, 0.05) is 24.2 Å². The molecule has 0 saturated carbocycles. The predicted octanol–water partition coefficient (Wildman–Crippen LogP) is 1.64. The molecule has 0 aromatic heterocycles. The van der Waals surface area contributed by atoms with E-state index in [0.717, 1.165) is 6.07 Å². The van der Waals surface area contributed by atoms with Crippen LogP contribution in [0.15, 0.2) is 18.2 Å². The molecule has 1 atom stereocenters. The summed E-state index contributed by atoms with van der Waals surface area (Å²) in [4.78, 5) is 10.7. The highest BCUT2D eigenvalue weighted by atomic mass is 32.1. The molecule has 8 heteroatoms. The average Bonchev–Trinajstić information content (AvgIpc) is 2.73. The Labute approximate surface area is 118 Å². The van der Waals surface area contributed by atoms with Gasteiger partial charge in [-0.1, -0.05) is 12.2 Å². The summed E-state index contributed by atoms with van der Waals surface area (Å²) in [5, 5.41) is 5.48. The molecule has 1 heterocycles. The largest absolute Gasteiger partial charge is 0.417 e. The van der Waals surface area contributed by atoms with Gasteiger partial charge in [-0.05, 0) is 18.2 Å². The molecular formula is C12H12F3N3OS. The topological polar surface area (TPSA) is 67.2 Å². The third-order valence-corrected chi connectivity index (χ3v) is 3.16. The smallest absolute Gasteiger partial charge is 0.389 e. The van der Waals surface area contributed by atoms with Crippen LogP contribution in [0.4, 0.5) is 18.9 Å². The summed E-state index contributed by atoms with van der Waals surface area (Å²) in [5.74, 6) is -0.127. The Hall–Kier alpha value is -1.83. The Morgan fingerprint density at radius 1 is 1.45 bits per heavy atom. The molecule has 1 unspecified atom stereocenters. The first kappa shape index (κ1) is 14.6. The van der Waals surface area contributed by atoms with Crippen molar-refractivity contribution in [1.82, 2.24) is 5.32 Å². The maximum absolute atomic E-state index is 13.0. The predicted molar refractivity (Wildman–Crippen MR) is 72.4 cm³/mol. The van der Waals surface area contributed by atoms with Crippen molar-refractivity contribution < 1.29 is 18.0 Å². The number of halogens is 3. The van der Waals surface area contributed by atoms with Crippen LogP contribution in [0.3, 0.4) is 0 Å². The van der Waals surface area contributed by atoms with Crippen LogP contribution >= 0.6 is 12.2 Å². The highest BCUT2D eigenvalue weighted by Crippen LogP contribution is 2.34. The van der Waals surface area contributed by atoms with Crippen LogP contribution in [-0.4, -0.2) is 23.5 Å². The molecule has 4 nitrogen and oxygen atoms in total. The van der Waals surface area contributed by atoms with Crippen molar-refractivity contribution in [3.05, 3.63) is 29.3 Å². The molecule has 0 spiro atoms. The van der Waals surface area contributed by atoms with Gasteiger partial charge < -0.3 is 16.4 Å². The lowest BCUT2D eigenvalue weighted by atomic mass is 10.1. The minimum absolute atomic E-state index is 0.127. The molecule has 1 aliphatic rings. The van der Waals surface area contributed by atoms with E-state index in [2.05, 4.69) is 22.9 Å². The summed E-state index contributed by atoms with van der Waals surface area (Å²) in [5.41, 5.74) is 4.48. The molecule has 108 valence electrons. The van der Waals surface area contributed by atoms with Crippen LogP contribution < -0.4 is 16.4 Å². The molecule has 2 rings (SSSR count). The monoisotopic (exact) mass is 303 g/mol. The van der Waals surface area contributed by atoms with Gasteiger partial charge in [0.05, 0.1) is 11.6 Å². The molecule has 1 aliphatic heterocycles.